The fraction of sp³-hybridized carbons (Fsp3) is 0.409. The highest BCUT2D eigenvalue weighted by molar-refractivity contribution is 5.91. The van der Waals surface area contributed by atoms with Crippen LogP contribution in [0, 0.1) is 6.92 Å². The van der Waals surface area contributed by atoms with Gasteiger partial charge in [0.25, 0.3) is 0 Å². The third-order valence-electron chi connectivity index (χ3n) is 4.24. The normalized spacial score (nSPS) is 10.5. The van der Waals surface area contributed by atoms with E-state index >= 15 is 0 Å². The van der Waals surface area contributed by atoms with Gasteiger partial charge in [0.05, 0.1) is 12.2 Å². The number of carbonyl (C=O) groups excluding carboxylic acids is 1. The van der Waals surface area contributed by atoms with E-state index in [9.17, 15) is 9.90 Å². The summed E-state index contributed by atoms with van der Waals surface area (Å²) in [6, 6.07) is 11.7. The lowest BCUT2D eigenvalue weighted by Crippen LogP contribution is -2.08. The molecule has 140 valence electrons. The lowest BCUT2D eigenvalue weighted by molar-refractivity contribution is 0.0734. The van der Waals surface area contributed by atoms with Gasteiger partial charge < -0.3 is 14.6 Å². The summed E-state index contributed by atoms with van der Waals surface area (Å²) >= 11 is 0. The van der Waals surface area contributed by atoms with E-state index in [0.29, 0.717) is 23.5 Å². The minimum atomic E-state index is -0.433. The van der Waals surface area contributed by atoms with Gasteiger partial charge in [0.1, 0.15) is 17.2 Å². The monoisotopic (exact) mass is 356 g/mol. The van der Waals surface area contributed by atoms with E-state index in [1.54, 1.807) is 43.3 Å². The van der Waals surface area contributed by atoms with Gasteiger partial charge in [-0.15, -0.1) is 0 Å². The SMILES string of the molecule is CCCCCCCCOc1ccc(C(=O)Oc2ccc(O)c(C)c2)cc1. The molecular weight excluding hydrogens is 328 g/mol. The fourth-order valence-corrected chi connectivity index (χ4v) is 2.62. The predicted molar refractivity (Wildman–Crippen MR) is 103 cm³/mol. The number of ether oxygens (including phenoxy) is 2. The number of unbranched alkanes of at least 4 members (excludes halogenated alkanes) is 5. The van der Waals surface area contributed by atoms with Crippen molar-refractivity contribution in [3.8, 4) is 17.2 Å². The molecule has 0 atom stereocenters. The molecule has 0 amide bonds. The molecule has 0 heterocycles. The standard InChI is InChI=1S/C22H28O4/c1-3-4-5-6-7-8-15-25-19-11-9-18(10-12-19)22(24)26-20-13-14-21(23)17(2)16-20/h9-14,16,23H,3-8,15H2,1-2H3. The van der Waals surface area contributed by atoms with Crippen LogP contribution in [0.15, 0.2) is 42.5 Å². The number of benzene rings is 2. The van der Waals surface area contributed by atoms with Crippen LogP contribution in [-0.4, -0.2) is 17.7 Å². The van der Waals surface area contributed by atoms with Crippen molar-refractivity contribution in [2.45, 2.75) is 52.4 Å². The Morgan fingerprint density at radius 3 is 2.27 bits per heavy atom. The van der Waals surface area contributed by atoms with Crippen LogP contribution < -0.4 is 9.47 Å². The quantitative estimate of drug-likeness (QED) is 0.339. The van der Waals surface area contributed by atoms with Crippen molar-refractivity contribution < 1.29 is 19.4 Å². The van der Waals surface area contributed by atoms with E-state index < -0.39 is 5.97 Å². The molecule has 2 rings (SSSR count). The topological polar surface area (TPSA) is 55.8 Å². The second-order valence-electron chi connectivity index (χ2n) is 6.48. The number of aromatic hydroxyl groups is 1. The largest absolute Gasteiger partial charge is 0.508 e. The zero-order valence-electron chi connectivity index (χ0n) is 15.7. The van der Waals surface area contributed by atoms with Crippen LogP contribution in [0.5, 0.6) is 17.2 Å². The summed E-state index contributed by atoms with van der Waals surface area (Å²) in [5, 5.41) is 9.51. The second-order valence-corrected chi connectivity index (χ2v) is 6.48. The Hall–Kier alpha value is -2.49. The molecule has 0 aliphatic rings. The van der Waals surface area contributed by atoms with Gasteiger partial charge in [-0.05, 0) is 61.4 Å². The summed E-state index contributed by atoms with van der Waals surface area (Å²) < 4.78 is 11.0. The fourth-order valence-electron chi connectivity index (χ4n) is 2.62. The third-order valence-corrected chi connectivity index (χ3v) is 4.24. The molecule has 0 saturated heterocycles. The van der Waals surface area contributed by atoms with Crippen LogP contribution in [0.1, 0.15) is 61.4 Å². The van der Waals surface area contributed by atoms with Crippen LogP contribution in [-0.2, 0) is 0 Å². The van der Waals surface area contributed by atoms with Gasteiger partial charge >= 0.3 is 5.97 Å². The first-order valence-electron chi connectivity index (χ1n) is 9.35. The smallest absolute Gasteiger partial charge is 0.343 e. The van der Waals surface area contributed by atoms with Crippen LogP contribution in [0.25, 0.3) is 0 Å². The van der Waals surface area contributed by atoms with E-state index in [1.165, 1.54) is 38.2 Å². The molecule has 0 fully saturated rings. The molecule has 0 saturated carbocycles. The molecule has 2 aromatic carbocycles. The first-order chi connectivity index (χ1) is 12.6. The highest BCUT2D eigenvalue weighted by Crippen LogP contribution is 2.23. The van der Waals surface area contributed by atoms with Gasteiger partial charge in [-0.3, -0.25) is 0 Å². The van der Waals surface area contributed by atoms with Gasteiger partial charge in [0, 0.05) is 0 Å². The molecular formula is C22H28O4. The Morgan fingerprint density at radius 2 is 1.58 bits per heavy atom. The van der Waals surface area contributed by atoms with E-state index in [2.05, 4.69) is 6.92 Å². The highest BCUT2D eigenvalue weighted by Gasteiger charge is 2.09. The molecule has 0 unspecified atom stereocenters. The van der Waals surface area contributed by atoms with Crippen molar-refractivity contribution in [3.05, 3.63) is 53.6 Å². The Labute approximate surface area is 155 Å². The maximum Gasteiger partial charge on any atom is 0.343 e. The predicted octanol–water partition coefficient (Wildman–Crippen LogP) is 5.66. The van der Waals surface area contributed by atoms with E-state index in [4.69, 9.17) is 9.47 Å². The number of rotatable bonds is 10. The number of aryl methyl sites for hydroxylation is 1. The molecule has 0 radical (unpaired) electrons. The maximum absolute atomic E-state index is 12.2. The summed E-state index contributed by atoms with van der Waals surface area (Å²) in [6.45, 7) is 4.67. The van der Waals surface area contributed by atoms with E-state index in [0.717, 1.165) is 12.2 Å². The lowest BCUT2D eigenvalue weighted by Gasteiger charge is -2.08. The summed E-state index contributed by atoms with van der Waals surface area (Å²) in [4.78, 5) is 12.2. The van der Waals surface area contributed by atoms with Crippen molar-refractivity contribution in [1.29, 1.82) is 0 Å². The van der Waals surface area contributed by atoms with Crippen molar-refractivity contribution in [3.63, 3.8) is 0 Å². The van der Waals surface area contributed by atoms with Gasteiger partial charge in [-0.1, -0.05) is 39.0 Å². The highest BCUT2D eigenvalue weighted by atomic mass is 16.5. The zero-order valence-corrected chi connectivity index (χ0v) is 15.7. The van der Waals surface area contributed by atoms with Crippen LogP contribution in [0.4, 0.5) is 0 Å². The summed E-state index contributed by atoms with van der Waals surface area (Å²) in [5.74, 6) is 0.915. The van der Waals surface area contributed by atoms with Crippen molar-refractivity contribution in [2.75, 3.05) is 6.61 Å². The van der Waals surface area contributed by atoms with Gasteiger partial charge in [-0.2, -0.15) is 0 Å². The number of esters is 1. The van der Waals surface area contributed by atoms with Crippen LogP contribution in [0.2, 0.25) is 0 Å². The first-order valence-corrected chi connectivity index (χ1v) is 9.35. The van der Waals surface area contributed by atoms with Gasteiger partial charge in [-0.25, -0.2) is 4.79 Å². The number of phenolic OH excluding ortho intramolecular Hbond substituents is 1. The molecule has 0 aliphatic heterocycles. The first kappa shape index (κ1) is 19.8. The molecule has 0 aliphatic carbocycles. The Balaban J connectivity index is 1.77. The average Bonchev–Trinajstić information content (AvgIpc) is 2.64. The summed E-state index contributed by atoms with van der Waals surface area (Å²) in [6.07, 6.45) is 7.37. The van der Waals surface area contributed by atoms with Crippen LogP contribution in [0.3, 0.4) is 0 Å². The van der Waals surface area contributed by atoms with Gasteiger partial charge in [0.2, 0.25) is 0 Å². The molecule has 0 spiro atoms. The van der Waals surface area contributed by atoms with Gasteiger partial charge in [0.15, 0.2) is 0 Å². The van der Waals surface area contributed by atoms with Crippen molar-refractivity contribution >= 4 is 5.97 Å². The van der Waals surface area contributed by atoms with Crippen molar-refractivity contribution in [2.24, 2.45) is 0 Å². The third kappa shape index (κ3) is 6.43. The molecule has 0 bridgehead atoms. The number of phenols is 1. The molecule has 4 heteroatoms. The van der Waals surface area contributed by atoms with Crippen LogP contribution >= 0.6 is 0 Å². The van der Waals surface area contributed by atoms with E-state index in [1.807, 2.05) is 0 Å². The Bertz CT molecular complexity index is 692. The summed E-state index contributed by atoms with van der Waals surface area (Å²) in [7, 11) is 0. The minimum absolute atomic E-state index is 0.177. The second kappa shape index (κ2) is 10.5. The van der Waals surface area contributed by atoms with Crippen molar-refractivity contribution in [1.82, 2.24) is 0 Å². The lowest BCUT2D eigenvalue weighted by atomic mass is 10.1. The number of hydrogen-bond acceptors (Lipinski definition) is 4. The molecule has 4 nitrogen and oxygen atoms in total. The molecule has 26 heavy (non-hydrogen) atoms. The maximum atomic E-state index is 12.2. The Morgan fingerprint density at radius 1 is 0.923 bits per heavy atom. The molecule has 0 aromatic heterocycles. The average molecular weight is 356 g/mol. The van der Waals surface area contributed by atoms with E-state index in [-0.39, 0.29) is 5.75 Å². The molecule has 2 aromatic rings. The zero-order chi connectivity index (χ0) is 18.8. The molecule has 1 N–H and O–H groups in total. The Kier molecular flexibility index (Phi) is 8.00. The number of hydrogen-bond donors (Lipinski definition) is 1. The summed E-state index contributed by atoms with van der Waals surface area (Å²) in [5.41, 5.74) is 1.12. The number of carbonyl (C=O) groups is 1. The minimum Gasteiger partial charge on any atom is -0.508 e.